The van der Waals surface area contributed by atoms with Gasteiger partial charge >= 0.3 is 5.97 Å². The number of fused-ring (bicyclic) bond motifs is 2. The Morgan fingerprint density at radius 3 is 2.58 bits per heavy atom. The molecule has 4 heterocycles. The Morgan fingerprint density at radius 2 is 1.82 bits per heavy atom. The molecule has 45 heavy (non-hydrogen) atoms. The number of ether oxygens (including phenoxy) is 2. The summed E-state index contributed by atoms with van der Waals surface area (Å²) in [4.78, 5) is 59.0. The first-order chi connectivity index (χ1) is 21.7. The van der Waals surface area contributed by atoms with E-state index in [-0.39, 0.29) is 37.9 Å². The van der Waals surface area contributed by atoms with Gasteiger partial charge in [-0.15, -0.1) is 0 Å². The third kappa shape index (κ3) is 5.36. The first-order valence-corrected chi connectivity index (χ1v) is 15.5. The molecule has 1 spiro atoms. The van der Waals surface area contributed by atoms with Crippen LogP contribution in [0.3, 0.4) is 0 Å². The minimum absolute atomic E-state index is 0.0608. The normalized spacial score (nSPS) is 31.5. The van der Waals surface area contributed by atoms with Crippen LogP contribution in [0.15, 0.2) is 72.8 Å². The highest BCUT2D eigenvalue weighted by atomic mass is 16.6. The van der Waals surface area contributed by atoms with Gasteiger partial charge in [-0.1, -0.05) is 66.8 Å². The Kier molecular flexibility index (Phi) is 8.37. The second-order valence-corrected chi connectivity index (χ2v) is 12.4. The van der Waals surface area contributed by atoms with Crippen molar-refractivity contribution in [2.24, 2.45) is 11.8 Å². The summed E-state index contributed by atoms with van der Waals surface area (Å²) in [6, 6.07) is 13.1. The van der Waals surface area contributed by atoms with E-state index < -0.39 is 53.6 Å². The van der Waals surface area contributed by atoms with Gasteiger partial charge in [0.25, 0.3) is 5.91 Å². The van der Waals surface area contributed by atoms with Crippen LogP contribution in [-0.2, 0) is 28.7 Å². The van der Waals surface area contributed by atoms with Crippen molar-refractivity contribution in [1.29, 1.82) is 0 Å². The van der Waals surface area contributed by atoms with Gasteiger partial charge in [0.2, 0.25) is 11.8 Å². The topological polar surface area (TPSA) is 125 Å². The van der Waals surface area contributed by atoms with Crippen LogP contribution in [0.25, 0.3) is 0 Å². The van der Waals surface area contributed by atoms with Crippen LogP contribution in [-0.4, -0.2) is 77.2 Å². The number of esters is 1. The number of allylic oxidation sites excluding steroid dienone is 1. The van der Waals surface area contributed by atoms with Crippen molar-refractivity contribution >= 4 is 29.4 Å². The van der Waals surface area contributed by atoms with Crippen molar-refractivity contribution < 1.29 is 33.8 Å². The number of carbonyl (C=O) groups excluding carboxylic acids is 4. The Morgan fingerprint density at radius 1 is 1.04 bits per heavy atom. The van der Waals surface area contributed by atoms with E-state index in [1.165, 1.54) is 4.90 Å². The molecule has 10 nitrogen and oxygen atoms in total. The molecule has 2 saturated heterocycles. The number of aliphatic hydroxyl groups is 1. The Labute approximate surface area is 262 Å². The first kappa shape index (κ1) is 30.7. The SMILES string of the molecule is Cc1ccc(C)c(N2C/C=C\CCC(=O)NC[C@H](c3ccccc3)OC(=O)[C@@H]3[C@H]4C(=O)N([C@H](C)CO)[C@H](C2=O)[C@]42C=C[C@H]3O2)c1. The molecule has 6 rings (SSSR count). The largest absolute Gasteiger partial charge is 0.455 e. The molecule has 0 radical (unpaired) electrons. The number of anilines is 1. The number of hydrogen-bond donors (Lipinski definition) is 2. The van der Waals surface area contributed by atoms with Crippen molar-refractivity contribution in [3.8, 4) is 0 Å². The fourth-order valence-electron chi connectivity index (χ4n) is 7.11. The molecule has 7 atom stereocenters. The number of amides is 3. The molecule has 2 fully saturated rings. The summed E-state index contributed by atoms with van der Waals surface area (Å²) in [5, 5.41) is 13.1. The highest BCUT2D eigenvalue weighted by molar-refractivity contribution is 6.05. The molecule has 4 aliphatic heterocycles. The number of nitrogens with one attached hydrogen (secondary N) is 1. The summed E-state index contributed by atoms with van der Waals surface area (Å²) in [7, 11) is 0. The molecule has 5 bridgehead atoms. The molecule has 0 aromatic heterocycles. The zero-order chi connectivity index (χ0) is 31.9. The molecule has 0 saturated carbocycles. The summed E-state index contributed by atoms with van der Waals surface area (Å²) in [6.07, 6.45) is 6.28. The maximum absolute atomic E-state index is 14.9. The molecule has 2 N–H and O–H groups in total. The number of aliphatic hydroxyl groups excluding tert-OH is 1. The molecule has 0 aliphatic carbocycles. The van der Waals surface area contributed by atoms with Gasteiger partial charge in [0, 0.05) is 18.7 Å². The van der Waals surface area contributed by atoms with Crippen LogP contribution < -0.4 is 10.2 Å². The minimum Gasteiger partial charge on any atom is -0.455 e. The highest BCUT2D eigenvalue weighted by Crippen LogP contribution is 2.56. The van der Waals surface area contributed by atoms with Gasteiger partial charge in [0.05, 0.1) is 31.2 Å². The number of benzene rings is 2. The van der Waals surface area contributed by atoms with Crippen LogP contribution in [0, 0.1) is 25.7 Å². The number of hydrogen-bond acceptors (Lipinski definition) is 7. The van der Waals surface area contributed by atoms with Gasteiger partial charge in [-0.25, -0.2) is 0 Å². The number of rotatable bonds is 4. The minimum atomic E-state index is -1.42. The van der Waals surface area contributed by atoms with Gasteiger partial charge in [0.15, 0.2) is 0 Å². The van der Waals surface area contributed by atoms with Crippen molar-refractivity contribution in [2.75, 3.05) is 24.6 Å². The van der Waals surface area contributed by atoms with Crippen LogP contribution in [0.5, 0.6) is 0 Å². The number of aryl methyl sites for hydroxylation is 2. The van der Waals surface area contributed by atoms with E-state index in [4.69, 9.17) is 9.47 Å². The Balaban J connectivity index is 1.46. The van der Waals surface area contributed by atoms with Crippen molar-refractivity contribution in [3.05, 3.63) is 89.5 Å². The van der Waals surface area contributed by atoms with E-state index in [0.717, 1.165) is 11.1 Å². The number of cyclic esters (lactones) is 1. The fraction of sp³-hybridized carbons (Fsp3) is 0.429. The molecule has 10 heteroatoms. The standard InChI is InChI=1S/C35H39N3O7/c1-21-13-14-22(2)25(18-21)37-17-9-5-8-12-28(40)36-19-27(24-10-6-4-7-11-24)44-34(43)29-26-15-16-35(45-26)30(29)32(41)38(23(3)20-39)31(35)33(37)42/h4-7,9-11,13-16,18,23,26-27,29-31,39H,8,12,17,19-20H2,1-3H3,(H,36,40)/b9-5-/t23-,26-,27-,29+,30+,31-,35+/m1/s1. The van der Waals surface area contributed by atoms with E-state index in [0.29, 0.717) is 17.7 Å². The summed E-state index contributed by atoms with van der Waals surface area (Å²) in [5.74, 6) is -3.70. The zero-order valence-electron chi connectivity index (χ0n) is 25.7. The maximum atomic E-state index is 14.9. The van der Waals surface area contributed by atoms with Crippen LogP contribution in [0.1, 0.15) is 42.6 Å². The predicted octanol–water partition coefficient (Wildman–Crippen LogP) is 2.92. The van der Waals surface area contributed by atoms with Crippen molar-refractivity contribution in [2.45, 2.75) is 63.5 Å². The van der Waals surface area contributed by atoms with E-state index >= 15 is 0 Å². The average molecular weight is 614 g/mol. The molecule has 4 aliphatic rings. The summed E-state index contributed by atoms with van der Waals surface area (Å²) in [5.41, 5.74) is 1.79. The fourth-order valence-corrected chi connectivity index (χ4v) is 7.11. The van der Waals surface area contributed by atoms with E-state index in [9.17, 15) is 24.3 Å². The summed E-state index contributed by atoms with van der Waals surface area (Å²) < 4.78 is 12.6. The Hall–Kier alpha value is -4.28. The van der Waals surface area contributed by atoms with Crippen LogP contribution in [0.2, 0.25) is 0 Å². The summed E-state index contributed by atoms with van der Waals surface area (Å²) in [6.45, 7) is 5.41. The third-order valence-corrected chi connectivity index (χ3v) is 9.39. The molecule has 2 aromatic carbocycles. The van der Waals surface area contributed by atoms with Gasteiger partial charge in [-0.3, -0.25) is 19.2 Å². The predicted molar refractivity (Wildman–Crippen MR) is 166 cm³/mol. The second-order valence-electron chi connectivity index (χ2n) is 12.4. The van der Waals surface area contributed by atoms with E-state index in [2.05, 4.69) is 5.32 Å². The monoisotopic (exact) mass is 613 g/mol. The quantitative estimate of drug-likeness (QED) is 0.401. The molecular formula is C35H39N3O7. The average Bonchev–Trinajstić information content (AvgIpc) is 3.69. The molecule has 0 unspecified atom stereocenters. The number of nitrogens with zero attached hydrogens (tertiary/aromatic N) is 2. The Bertz CT molecular complexity index is 1560. The maximum Gasteiger partial charge on any atom is 0.313 e. The van der Waals surface area contributed by atoms with Gasteiger partial charge in [0.1, 0.15) is 23.7 Å². The van der Waals surface area contributed by atoms with E-state index in [1.54, 1.807) is 24.0 Å². The second kappa shape index (κ2) is 12.3. The van der Waals surface area contributed by atoms with Gasteiger partial charge < -0.3 is 29.7 Å². The summed E-state index contributed by atoms with van der Waals surface area (Å²) >= 11 is 0. The molecule has 2 aromatic rings. The van der Waals surface area contributed by atoms with E-state index in [1.807, 2.05) is 74.5 Å². The van der Waals surface area contributed by atoms with Gasteiger partial charge in [-0.2, -0.15) is 0 Å². The lowest BCUT2D eigenvalue weighted by molar-refractivity contribution is -0.160. The van der Waals surface area contributed by atoms with Crippen LogP contribution in [0.4, 0.5) is 5.69 Å². The lowest BCUT2D eigenvalue weighted by Gasteiger charge is -2.38. The van der Waals surface area contributed by atoms with Crippen LogP contribution >= 0.6 is 0 Å². The molecule has 236 valence electrons. The first-order valence-electron chi connectivity index (χ1n) is 15.5. The number of carbonyl (C=O) groups is 4. The lowest BCUT2D eigenvalue weighted by Crippen LogP contribution is -2.58. The molecule has 3 amide bonds. The molecular weight excluding hydrogens is 574 g/mol. The lowest BCUT2D eigenvalue weighted by atomic mass is 9.74. The highest BCUT2D eigenvalue weighted by Gasteiger charge is 2.74. The van der Waals surface area contributed by atoms with Crippen molar-refractivity contribution in [3.63, 3.8) is 0 Å². The van der Waals surface area contributed by atoms with Crippen molar-refractivity contribution in [1.82, 2.24) is 10.2 Å². The number of likely N-dealkylation sites (tertiary alicyclic amines) is 1. The zero-order valence-corrected chi connectivity index (χ0v) is 25.7. The third-order valence-electron chi connectivity index (χ3n) is 9.39. The smallest absolute Gasteiger partial charge is 0.313 e. The van der Waals surface area contributed by atoms with Gasteiger partial charge in [-0.05, 0) is 49.9 Å².